The van der Waals surface area contributed by atoms with E-state index in [0.29, 0.717) is 30.1 Å². The van der Waals surface area contributed by atoms with E-state index in [1.807, 2.05) is 6.92 Å². The van der Waals surface area contributed by atoms with E-state index in [9.17, 15) is 9.18 Å². The number of carbonyl (C=O) groups is 1. The van der Waals surface area contributed by atoms with Crippen molar-refractivity contribution in [2.45, 2.75) is 26.8 Å². The van der Waals surface area contributed by atoms with Gasteiger partial charge in [-0.3, -0.25) is 4.68 Å². The molecule has 0 N–H and O–H groups in total. The molecule has 0 amide bonds. The van der Waals surface area contributed by atoms with Crippen molar-refractivity contribution in [1.82, 2.24) is 9.78 Å². The fourth-order valence-electron chi connectivity index (χ4n) is 1.96. The summed E-state index contributed by atoms with van der Waals surface area (Å²) in [6.07, 6.45) is 0.844. The van der Waals surface area contributed by atoms with Crippen molar-refractivity contribution in [3.8, 4) is 11.3 Å². The zero-order valence-electron chi connectivity index (χ0n) is 11.6. The molecule has 1 heterocycles. The molecule has 0 fully saturated rings. The average Bonchev–Trinajstić information content (AvgIpc) is 2.84. The summed E-state index contributed by atoms with van der Waals surface area (Å²) in [5.74, 6) is -0.735. The van der Waals surface area contributed by atoms with Gasteiger partial charge in [0, 0.05) is 12.1 Å². The molecule has 0 unspecified atom stereocenters. The lowest BCUT2D eigenvalue weighted by Crippen LogP contribution is -2.13. The van der Waals surface area contributed by atoms with Crippen molar-refractivity contribution in [2.24, 2.45) is 0 Å². The molecule has 0 aliphatic rings. The number of rotatable bonds is 5. The van der Waals surface area contributed by atoms with Crippen LogP contribution >= 0.6 is 0 Å². The van der Waals surface area contributed by atoms with Crippen molar-refractivity contribution in [3.63, 3.8) is 0 Å². The molecule has 0 spiro atoms. The smallest absolute Gasteiger partial charge is 0.356 e. The summed E-state index contributed by atoms with van der Waals surface area (Å²) in [7, 11) is 0. The Bertz CT molecular complexity index is 608. The monoisotopic (exact) mass is 276 g/mol. The Hall–Kier alpha value is -2.17. The molecule has 1 aromatic heterocycles. The zero-order valence-corrected chi connectivity index (χ0v) is 11.6. The van der Waals surface area contributed by atoms with Crippen molar-refractivity contribution >= 4 is 5.97 Å². The summed E-state index contributed by atoms with van der Waals surface area (Å²) >= 11 is 0. The lowest BCUT2D eigenvalue weighted by Gasteiger charge is -2.04. The molecule has 1 aromatic carbocycles. The van der Waals surface area contributed by atoms with Gasteiger partial charge in [0.05, 0.1) is 12.3 Å². The molecular formula is C15H17FN2O2. The standard InChI is InChI=1S/C15H17FN2O2/c1-3-8-18-14(15(19)20-4-2)10-13(17-18)11-6-5-7-12(16)9-11/h5-7,9-10H,3-4,8H2,1-2H3. The summed E-state index contributed by atoms with van der Waals surface area (Å²) in [6.45, 7) is 4.68. The Labute approximate surface area is 117 Å². The molecule has 0 saturated heterocycles. The van der Waals surface area contributed by atoms with Gasteiger partial charge in [-0.25, -0.2) is 9.18 Å². The number of ether oxygens (including phenoxy) is 1. The Morgan fingerprint density at radius 3 is 2.80 bits per heavy atom. The van der Waals surface area contributed by atoms with Crippen LogP contribution in [0.2, 0.25) is 0 Å². The van der Waals surface area contributed by atoms with Gasteiger partial charge in [0.15, 0.2) is 0 Å². The third kappa shape index (κ3) is 3.04. The van der Waals surface area contributed by atoms with Crippen molar-refractivity contribution in [3.05, 3.63) is 41.8 Å². The Balaban J connectivity index is 2.40. The molecule has 0 bridgehead atoms. The minimum absolute atomic E-state index is 0.311. The number of carbonyl (C=O) groups excluding carboxylic acids is 1. The fourth-order valence-corrected chi connectivity index (χ4v) is 1.96. The SMILES string of the molecule is CCCn1nc(-c2cccc(F)c2)cc1C(=O)OCC. The summed E-state index contributed by atoms with van der Waals surface area (Å²) in [4.78, 5) is 11.9. The van der Waals surface area contributed by atoms with Gasteiger partial charge in [-0.15, -0.1) is 0 Å². The van der Waals surface area contributed by atoms with Crippen molar-refractivity contribution in [1.29, 1.82) is 0 Å². The highest BCUT2D eigenvalue weighted by molar-refractivity contribution is 5.89. The second-order valence-electron chi connectivity index (χ2n) is 4.37. The topological polar surface area (TPSA) is 44.1 Å². The fraction of sp³-hybridized carbons (Fsp3) is 0.333. The third-order valence-corrected chi connectivity index (χ3v) is 2.82. The van der Waals surface area contributed by atoms with Crippen LogP contribution in [0.4, 0.5) is 4.39 Å². The first kappa shape index (κ1) is 14.2. The van der Waals surface area contributed by atoms with Crippen LogP contribution in [-0.4, -0.2) is 22.4 Å². The molecule has 20 heavy (non-hydrogen) atoms. The van der Waals surface area contributed by atoms with E-state index in [1.165, 1.54) is 12.1 Å². The highest BCUT2D eigenvalue weighted by Crippen LogP contribution is 2.20. The largest absolute Gasteiger partial charge is 0.461 e. The predicted octanol–water partition coefficient (Wildman–Crippen LogP) is 3.28. The van der Waals surface area contributed by atoms with Crippen LogP contribution in [0.3, 0.4) is 0 Å². The first-order chi connectivity index (χ1) is 9.65. The first-order valence-electron chi connectivity index (χ1n) is 6.66. The molecule has 106 valence electrons. The van der Waals surface area contributed by atoms with Crippen LogP contribution in [0.1, 0.15) is 30.8 Å². The van der Waals surface area contributed by atoms with Gasteiger partial charge in [-0.05, 0) is 31.5 Å². The maximum Gasteiger partial charge on any atom is 0.356 e. The first-order valence-corrected chi connectivity index (χ1v) is 6.66. The Morgan fingerprint density at radius 2 is 2.15 bits per heavy atom. The second kappa shape index (κ2) is 6.32. The average molecular weight is 276 g/mol. The molecule has 0 aliphatic carbocycles. The third-order valence-electron chi connectivity index (χ3n) is 2.82. The van der Waals surface area contributed by atoms with E-state index in [-0.39, 0.29) is 5.82 Å². The highest BCUT2D eigenvalue weighted by Gasteiger charge is 2.17. The normalized spacial score (nSPS) is 10.6. The zero-order chi connectivity index (χ0) is 14.5. The predicted molar refractivity (Wildman–Crippen MR) is 73.9 cm³/mol. The highest BCUT2D eigenvalue weighted by atomic mass is 19.1. The van der Waals surface area contributed by atoms with Gasteiger partial charge in [-0.2, -0.15) is 5.10 Å². The molecule has 5 heteroatoms. The molecule has 0 aliphatic heterocycles. The maximum atomic E-state index is 13.3. The quantitative estimate of drug-likeness (QED) is 0.787. The molecule has 0 radical (unpaired) electrons. The van der Waals surface area contributed by atoms with Crippen LogP contribution in [0.5, 0.6) is 0 Å². The van der Waals surface area contributed by atoms with Crippen LogP contribution in [0, 0.1) is 5.82 Å². The summed E-state index contributed by atoms with van der Waals surface area (Å²) in [5.41, 5.74) is 1.61. The van der Waals surface area contributed by atoms with E-state index >= 15 is 0 Å². The van der Waals surface area contributed by atoms with E-state index in [2.05, 4.69) is 5.10 Å². The molecule has 4 nitrogen and oxygen atoms in total. The minimum Gasteiger partial charge on any atom is -0.461 e. The van der Waals surface area contributed by atoms with Crippen LogP contribution < -0.4 is 0 Å². The number of aryl methyl sites for hydroxylation is 1. The lowest BCUT2D eigenvalue weighted by molar-refractivity contribution is 0.0511. The number of halogens is 1. The van der Waals surface area contributed by atoms with Gasteiger partial charge >= 0.3 is 5.97 Å². The molecule has 2 aromatic rings. The van der Waals surface area contributed by atoms with Gasteiger partial charge in [-0.1, -0.05) is 19.1 Å². The Morgan fingerprint density at radius 1 is 1.35 bits per heavy atom. The van der Waals surface area contributed by atoms with Gasteiger partial charge in [0.1, 0.15) is 11.5 Å². The number of esters is 1. The van der Waals surface area contributed by atoms with E-state index in [4.69, 9.17) is 4.74 Å². The molecule has 0 atom stereocenters. The lowest BCUT2D eigenvalue weighted by atomic mass is 10.1. The number of hydrogen-bond acceptors (Lipinski definition) is 3. The van der Waals surface area contributed by atoms with Gasteiger partial charge in [0.25, 0.3) is 0 Å². The maximum absolute atomic E-state index is 13.3. The second-order valence-corrected chi connectivity index (χ2v) is 4.37. The van der Waals surface area contributed by atoms with Crippen LogP contribution in [-0.2, 0) is 11.3 Å². The van der Waals surface area contributed by atoms with Crippen molar-refractivity contribution in [2.75, 3.05) is 6.61 Å². The van der Waals surface area contributed by atoms with Crippen LogP contribution in [0.15, 0.2) is 30.3 Å². The molecule has 2 rings (SSSR count). The van der Waals surface area contributed by atoms with E-state index in [0.717, 1.165) is 6.42 Å². The summed E-state index contributed by atoms with van der Waals surface area (Å²) in [6, 6.07) is 7.79. The van der Waals surface area contributed by atoms with Gasteiger partial charge in [0.2, 0.25) is 0 Å². The molecular weight excluding hydrogens is 259 g/mol. The molecule has 0 saturated carbocycles. The van der Waals surface area contributed by atoms with Crippen molar-refractivity contribution < 1.29 is 13.9 Å². The van der Waals surface area contributed by atoms with E-state index in [1.54, 1.807) is 29.8 Å². The number of aromatic nitrogens is 2. The number of nitrogens with zero attached hydrogens (tertiary/aromatic N) is 2. The summed E-state index contributed by atoms with van der Waals surface area (Å²) in [5, 5.41) is 4.36. The van der Waals surface area contributed by atoms with Gasteiger partial charge < -0.3 is 4.74 Å². The van der Waals surface area contributed by atoms with Crippen LogP contribution in [0.25, 0.3) is 11.3 Å². The minimum atomic E-state index is -0.406. The number of hydrogen-bond donors (Lipinski definition) is 0. The Kier molecular flexibility index (Phi) is 4.50. The summed E-state index contributed by atoms with van der Waals surface area (Å²) < 4.78 is 19.9. The van der Waals surface area contributed by atoms with E-state index < -0.39 is 5.97 Å². The number of benzene rings is 1.